The lowest BCUT2D eigenvalue weighted by atomic mass is 9.96. The first-order valence-corrected chi connectivity index (χ1v) is 20.1. The molecule has 0 aliphatic heterocycles. The van der Waals surface area contributed by atoms with Crippen LogP contribution in [0.25, 0.3) is 128 Å². The largest absolute Gasteiger partial charge is 0.456 e. The van der Waals surface area contributed by atoms with Crippen LogP contribution in [0.3, 0.4) is 0 Å². The van der Waals surface area contributed by atoms with Crippen LogP contribution in [-0.4, -0.2) is 19.5 Å². The Morgan fingerprint density at radius 2 is 1.06 bits per heavy atom. The summed E-state index contributed by atoms with van der Waals surface area (Å²) < 4.78 is 122. The van der Waals surface area contributed by atoms with Crippen molar-refractivity contribution in [3.8, 4) is 62.1 Å². The fourth-order valence-electron chi connectivity index (χ4n) is 8.59. The zero-order chi connectivity index (χ0) is 51.9. The summed E-state index contributed by atoms with van der Waals surface area (Å²) in [6.45, 7) is 0. The predicted octanol–water partition coefficient (Wildman–Crippen LogP) is 15.1. The van der Waals surface area contributed by atoms with Gasteiger partial charge in [-0.15, -0.1) is 0 Å². The summed E-state index contributed by atoms with van der Waals surface area (Å²) in [5.41, 5.74) is 5.68. The second-order valence-corrected chi connectivity index (χ2v) is 15.0. The van der Waals surface area contributed by atoms with Gasteiger partial charge >= 0.3 is 0 Å². The molecule has 63 heavy (non-hydrogen) atoms. The van der Waals surface area contributed by atoms with Gasteiger partial charge < -0.3 is 13.4 Å². The number of nitrogens with zero attached hydrogens (tertiary/aromatic N) is 4. The van der Waals surface area contributed by atoms with Gasteiger partial charge in [-0.1, -0.05) is 164 Å². The average Bonchev–Trinajstić information content (AvgIpc) is 4.15. The van der Waals surface area contributed by atoms with E-state index in [9.17, 15) is 5.48 Å². The van der Waals surface area contributed by atoms with Crippen molar-refractivity contribution in [2.75, 3.05) is 0 Å². The number of benzene rings is 9. The Labute approximate surface area is 377 Å². The van der Waals surface area contributed by atoms with Crippen molar-refractivity contribution in [3.63, 3.8) is 0 Å². The lowest BCUT2D eigenvalue weighted by Crippen LogP contribution is -2.00. The van der Waals surface area contributed by atoms with E-state index in [1.165, 1.54) is 16.7 Å². The third kappa shape index (κ3) is 5.62. The smallest absolute Gasteiger partial charge is 0.164 e. The molecule has 9 aromatic carbocycles. The highest BCUT2D eigenvalue weighted by molar-refractivity contribution is 6.16. The van der Waals surface area contributed by atoms with Crippen molar-refractivity contribution in [1.82, 2.24) is 19.5 Å². The van der Waals surface area contributed by atoms with Crippen LogP contribution in [0.4, 0.5) is 0 Å². The maximum absolute atomic E-state index is 9.51. The standard InChI is InChI=1S/C57H34N4O2/c1-3-14-35(15-4-1)36-28-30-37(31-29-36)40-20-12-26-49-52(40)43-33-32-39(34-51(43)62-49)56-58-55(38-16-5-2-6-17-38)59-57(60-56)45-22-13-27-50-53(45)44-21-11-25-48(54(44)63-50)61-46-23-9-7-18-41(46)42-19-8-10-24-47(42)61/h1-34H/i7D,8D,9D,10D,11D,13D,18D,19D,22D,23D,25D,27D. The Hall–Kier alpha value is -8.61. The van der Waals surface area contributed by atoms with E-state index in [0.29, 0.717) is 22.3 Å². The van der Waals surface area contributed by atoms with Gasteiger partial charge in [0.1, 0.15) is 16.7 Å². The lowest BCUT2D eigenvalue weighted by Gasteiger charge is -2.10. The number of hydrogen-bond acceptors (Lipinski definition) is 5. The summed E-state index contributed by atoms with van der Waals surface area (Å²) in [5.74, 6) is 0.315. The molecule has 0 saturated carbocycles. The van der Waals surface area contributed by atoms with E-state index in [4.69, 9.17) is 34.8 Å². The van der Waals surface area contributed by atoms with E-state index >= 15 is 0 Å². The summed E-state index contributed by atoms with van der Waals surface area (Å²) in [4.78, 5) is 14.8. The first-order chi connectivity index (χ1) is 36.2. The topological polar surface area (TPSA) is 69.9 Å². The van der Waals surface area contributed by atoms with Gasteiger partial charge in [-0.2, -0.15) is 0 Å². The molecule has 4 aromatic heterocycles. The van der Waals surface area contributed by atoms with Gasteiger partial charge in [0, 0.05) is 49.0 Å². The molecule has 4 heterocycles. The van der Waals surface area contributed by atoms with E-state index < -0.39 is 72.5 Å². The zero-order valence-corrected chi connectivity index (χ0v) is 32.8. The number of rotatable bonds is 6. The SMILES string of the molecule is [2H]c1cc2c(oc3c([2H])c([2H])c([2H])c(-c4nc(-c5ccccc5)nc(-c5ccc6c(c5)oc5cccc(-c7ccc(-c8ccccc8)cc7)c56)n4)c32)c(-n2c3cc([2H])c([2H])c([2H])c3c3c([2H])c([2H])c([2H])c([2H])c32)c1[2H]. The summed E-state index contributed by atoms with van der Waals surface area (Å²) >= 11 is 0. The second-order valence-electron chi connectivity index (χ2n) is 15.0. The van der Waals surface area contributed by atoms with E-state index in [2.05, 4.69) is 42.5 Å². The van der Waals surface area contributed by atoms with Crippen molar-refractivity contribution in [2.24, 2.45) is 0 Å². The highest BCUT2D eigenvalue weighted by atomic mass is 16.3. The number of aromatic nitrogens is 4. The van der Waals surface area contributed by atoms with Crippen LogP contribution in [-0.2, 0) is 0 Å². The Morgan fingerprint density at radius 3 is 1.90 bits per heavy atom. The van der Waals surface area contributed by atoms with Gasteiger partial charge in [0.15, 0.2) is 23.1 Å². The van der Waals surface area contributed by atoms with Crippen LogP contribution >= 0.6 is 0 Å². The Bertz CT molecular complexity index is 4620. The van der Waals surface area contributed by atoms with Crippen molar-refractivity contribution in [2.45, 2.75) is 0 Å². The number of furan rings is 2. The van der Waals surface area contributed by atoms with Gasteiger partial charge in [-0.3, -0.25) is 0 Å². The Kier molecular flexibility index (Phi) is 5.60. The minimum atomic E-state index is -0.628. The maximum atomic E-state index is 9.51. The van der Waals surface area contributed by atoms with Gasteiger partial charge in [0.05, 0.1) is 33.2 Å². The summed E-state index contributed by atoms with van der Waals surface area (Å²) in [5, 5.41) is 1.69. The molecule has 0 amide bonds. The molecule has 0 radical (unpaired) electrons. The fourth-order valence-corrected chi connectivity index (χ4v) is 8.59. The van der Waals surface area contributed by atoms with Gasteiger partial charge in [0.2, 0.25) is 0 Å². The minimum Gasteiger partial charge on any atom is -0.456 e. The van der Waals surface area contributed by atoms with E-state index in [0.717, 1.165) is 33.0 Å². The first-order valence-electron chi connectivity index (χ1n) is 26.1. The molecule has 0 aliphatic rings. The molecule has 13 aromatic rings. The molecule has 0 fully saturated rings. The first kappa shape index (κ1) is 25.2. The van der Waals surface area contributed by atoms with Gasteiger partial charge in [0.25, 0.3) is 0 Å². The van der Waals surface area contributed by atoms with Crippen molar-refractivity contribution >= 4 is 65.7 Å². The normalized spacial score (nSPS) is 14.5. The molecule has 6 heteroatoms. The van der Waals surface area contributed by atoms with Gasteiger partial charge in [-0.25, -0.2) is 15.0 Å². The minimum absolute atomic E-state index is 0.0257. The molecule has 0 unspecified atom stereocenters. The summed E-state index contributed by atoms with van der Waals surface area (Å²) in [6, 6.07) is 35.8. The molecular weight excluding hydrogens is 773 g/mol. The molecule has 13 rings (SSSR count). The van der Waals surface area contributed by atoms with E-state index in [-0.39, 0.29) is 72.5 Å². The number of hydrogen-bond donors (Lipinski definition) is 0. The van der Waals surface area contributed by atoms with E-state index in [1.807, 2.05) is 78.9 Å². The monoisotopic (exact) mass is 818 g/mol. The second kappa shape index (κ2) is 14.0. The average molecular weight is 819 g/mol. The quantitative estimate of drug-likeness (QED) is 0.167. The molecule has 0 spiro atoms. The van der Waals surface area contributed by atoms with Crippen molar-refractivity contribution < 1.29 is 25.3 Å². The van der Waals surface area contributed by atoms with Crippen LogP contribution in [0.2, 0.25) is 0 Å². The predicted molar refractivity (Wildman–Crippen MR) is 256 cm³/mol. The van der Waals surface area contributed by atoms with Crippen LogP contribution in [0.5, 0.6) is 0 Å². The fraction of sp³-hybridized carbons (Fsp3) is 0. The lowest BCUT2D eigenvalue weighted by molar-refractivity contribution is 0.666. The van der Waals surface area contributed by atoms with Crippen LogP contribution in [0, 0.1) is 0 Å². The van der Waals surface area contributed by atoms with Gasteiger partial charge in [-0.05, 0) is 64.6 Å². The molecule has 6 nitrogen and oxygen atoms in total. The molecule has 0 bridgehead atoms. The number of para-hydroxylation sites is 3. The van der Waals surface area contributed by atoms with Crippen molar-refractivity contribution in [3.05, 3.63) is 206 Å². The molecule has 0 saturated heterocycles. The molecular formula is C57H34N4O2. The van der Waals surface area contributed by atoms with E-state index in [1.54, 1.807) is 0 Å². The molecule has 0 N–H and O–H groups in total. The number of fused-ring (bicyclic) bond motifs is 9. The van der Waals surface area contributed by atoms with Crippen LogP contribution < -0.4 is 0 Å². The third-order valence-corrected chi connectivity index (χ3v) is 11.5. The maximum Gasteiger partial charge on any atom is 0.164 e. The zero-order valence-electron chi connectivity index (χ0n) is 44.8. The Morgan fingerprint density at radius 1 is 0.381 bits per heavy atom. The summed E-state index contributed by atoms with van der Waals surface area (Å²) in [7, 11) is 0. The highest BCUT2D eigenvalue weighted by Gasteiger charge is 2.22. The van der Waals surface area contributed by atoms with Crippen molar-refractivity contribution in [1.29, 1.82) is 0 Å². The molecule has 0 atom stereocenters. The Balaban J connectivity index is 1.05. The van der Waals surface area contributed by atoms with Crippen LogP contribution in [0.15, 0.2) is 215 Å². The third-order valence-electron chi connectivity index (χ3n) is 11.5. The molecule has 0 aliphatic carbocycles. The van der Waals surface area contributed by atoms with Crippen LogP contribution in [0.1, 0.15) is 16.4 Å². The molecule has 294 valence electrons. The summed E-state index contributed by atoms with van der Waals surface area (Å²) in [6.07, 6.45) is 0. The highest BCUT2D eigenvalue weighted by Crippen LogP contribution is 2.42.